The Morgan fingerprint density at radius 3 is 2.23 bits per heavy atom. The molecule has 1 fully saturated rings. The van der Waals surface area contributed by atoms with Gasteiger partial charge in [0.05, 0.1) is 10.6 Å². The molecule has 1 atom stereocenters. The van der Waals surface area contributed by atoms with Crippen LogP contribution in [0.2, 0.25) is 0 Å². The molecule has 2 amide bonds. The van der Waals surface area contributed by atoms with Crippen molar-refractivity contribution in [3.63, 3.8) is 0 Å². The van der Waals surface area contributed by atoms with Crippen molar-refractivity contribution in [3.05, 3.63) is 84.4 Å². The minimum atomic E-state index is -4.16. The lowest BCUT2D eigenvalue weighted by Gasteiger charge is -2.34. The summed E-state index contributed by atoms with van der Waals surface area (Å²) < 4.78 is 40.6. The van der Waals surface area contributed by atoms with Gasteiger partial charge in [0.1, 0.15) is 25.8 Å². The number of nitrogens with one attached hydrogen (secondary N) is 1. The number of nitrogens with zero attached hydrogens (tertiary/aromatic N) is 2. The summed E-state index contributed by atoms with van der Waals surface area (Å²) in [7, 11) is -4.16. The fourth-order valence-electron chi connectivity index (χ4n) is 5.88. The van der Waals surface area contributed by atoms with Gasteiger partial charge in [-0.05, 0) is 55.5 Å². The Hall–Kier alpha value is -4.05. The van der Waals surface area contributed by atoms with Crippen molar-refractivity contribution in [3.8, 4) is 11.5 Å². The van der Waals surface area contributed by atoms with Crippen LogP contribution in [-0.2, 0) is 26.0 Å². The van der Waals surface area contributed by atoms with E-state index >= 15 is 0 Å². The number of hydrogen-bond donors (Lipinski definition) is 1. The van der Waals surface area contributed by atoms with Crippen LogP contribution in [0, 0.1) is 0 Å². The molecule has 3 aromatic rings. The maximum atomic E-state index is 14.3. The molecule has 0 spiro atoms. The van der Waals surface area contributed by atoms with Crippen molar-refractivity contribution in [2.45, 2.75) is 68.8 Å². The summed E-state index contributed by atoms with van der Waals surface area (Å²) >= 11 is 0. The number of rotatable bonds is 12. The van der Waals surface area contributed by atoms with E-state index < -0.39 is 28.5 Å². The van der Waals surface area contributed by atoms with Crippen molar-refractivity contribution in [2.75, 3.05) is 30.6 Å². The van der Waals surface area contributed by atoms with E-state index in [1.165, 1.54) is 12.1 Å². The molecule has 9 nitrogen and oxygen atoms in total. The molecule has 234 valence electrons. The third-order valence-corrected chi connectivity index (χ3v) is 10.0. The Labute approximate surface area is 260 Å². The van der Waals surface area contributed by atoms with Crippen molar-refractivity contribution < 1.29 is 27.5 Å². The van der Waals surface area contributed by atoms with Crippen LogP contribution in [0.4, 0.5) is 5.69 Å². The zero-order chi connectivity index (χ0) is 30.9. The second kappa shape index (κ2) is 14.6. The average molecular weight is 620 g/mol. The number of hydrogen-bond acceptors (Lipinski definition) is 6. The Bertz CT molecular complexity index is 1510. The highest BCUT2D eigenvalue weighted by Gasteiger charge is 2.34. The molecule has 1 heterocycles. The lowest BCUT2D eigenvalue weighted by atomic mass is 9.95. The molecule has 0 bridgehead atoms. The highest BCUT2D eigenvalue weighted by Crippen LogP contribution is 2.36. The van der Waals surface area contributed by atoms with Crippen molar-refractivity contribution in [1.29, 1.82) is 0 Å². The maximum Gasteiger partial charge on any atom is 0.264 e. The Morgan fingerprint density at radius 1 is 0.886 bits per heavy atom. The number of fused-ring (bicyclic) bond motifs is 1. The van der Waals surface area contributed by atoms with Crippen molar-refractivity contribution in [1.82, 2.24) is 10.2 Å². The molecular formula is C34H41N3O6S. The van der Waals surface area contributed by atoms with Gasteiger partial charge in [-0.1, -0.05) is 74.7 Å². The second-order valence-corrected chi connectivity index (χ2v) is 13.1. The summed E-state index contributed by atoms with van der Waals surface area (Å²) in [6, 6.07) is 22.0. The average Bonchev–Trinajstić information content (AvgIpc) is 3.06. The van der Waals surface area contributed by atoms with Gasteiger partial charge in [-0.15, -0.1) is 0 Å². The Kier molecular flexibility index (Phi) is 10.4. The minimum Gasteiger partial charge on any atom is -0.486 e. The van der Waals surface area contributed by atoms with E-state index in [4.69, 9.17) is 9.47 Å². The van der Waals surface area contributed by atoms with Crippen LogP contribution >= 0.6 is 0 Å². The van der Waals surface area contributed by atoms with Gasteiger partial charge >= 0.3 is 0 Å². The number of anilines is 1. The smallest absolute Gasteiger partial charge is 0.264 e. The number of carbonyl (C=O) groups is 2. The largest absolute Gasteiger partial charge is 0.486 e. The van der Waals surface area contributed by atoms with E-state index in [9.17, 15) is 18.0 Å². The highest BCUT2D eigenvalue weighted by atomic mass is 32.2. The molecule has 5 rings (SSSR count). The van der Waals surface area contributed by atoms with Crippen molar-refractivity contribution in [2.24, 2.45) is 0 Å². The zero-order valence-corrected chi connectivity index (χ0v) is 26.0. The first-order chi connectivity index (χ1) is 21.4. The second-order valence-electron chi connectivity index (χ2n) is 11.2. The third-order valence-electron chi connectivity index (χ3n) is 8.25. The van der Waals surface area contributed by atoms with Gasteiger partial charge in [0.15, 0.2) is 11.5 Å². The summed E-state index contributed by atoms with van der Waals surface area (Å²) in [5.74, 6) is 0.269. The summed E-state index contributed by atoms with van der Waals surface area (Å²) in [6.07, 6.45) is 6.07. The quantitative estimate of drug-likeness (QED) is 0.308. The van der Waals surface area contributed by atoms with E-state index in [1.807, 2.05) is 37.3 Å². The molecule has 10 heteroatoms. The molecule has 0 radical (unpaired) electrons. The van der Waals surface area contributed by atoms with Gasteiger partial charge in [0, 0.05) is 18.7 Å². The van der Waals surface area contributed by atoms with Crippen LogP contribution in [0.5, 0.6) is 11.5 Å². The zero-order valence-electron chi connectivity index (χ0n) is 25.2. The monoisotopic (exact) mass is 619 g/mol. The number of ether oxygens (including phenoxy) is 2. The van der Waals surface area contributed by atoms with Crippen LogP contribution in [0.15, 0.2) is 83.8 Å². The number of sulfonamides is 1. The predicted molar refractivity (Wildman–Crippen MR) is 169 cm³/mol. The van der Waals surface area contributed by atoms with Crippen LogP contribution in [0.25, 0.3) is 0 Å². The molecule has 1 aliphatic heterocycles. The van der Waals surface area contributed by atoms with E-state index in [1.54, 1.807) is 41.3 Å². The summed E-state index contributed by atoms with van der Waals surface area (Å²) in [4.78, 5) is 29.6. The van der Waals surface area contributed by atoms with Gasteiger partial charge < -0.3 is 19.7 Å². The van der Waals surface area contributed by atoms with E-state index in [0.717, 1.165) is 42.0 Å². The number of benzene rings is 3. The summed E-state index contributed by atoms with van der Waals surface area (Å²) in [6.45, 7) is 2.39. The van der Waals surface area contributed by atoms with Crippen molar-refractivity contribution >= 4 is 27.5 Å². The molecule has 1 saturated carbocycles. The number of carbonyl (C=O) groups excluding carboxylic acids is 2. The lowest BCUT2D eigenvalue weighted by Crippen LogP contribution is -2.54. The van der Waals surface area contributed by atoms with E-state index in [-0.39, 0.29) is 29.1 Å². The fraction of sp³-hybridized carbons (Fsp3) is 0.412. The first-order valence-corrected chi connectivity index (χ1v) is 16.9. The Balaban J connectivity index is 1.47. The van der Waals surface area contributed by atoms with E-state index in [2.05, 4.69) is 5.32 Å². The SMILES string of the molecule is CCC(C(=O)NC1CCCCC1)N(CCc1ccccc1)C(=O)CN(c1ccc2c(c1)OCCO2)S(=O)(=O)c1ccccc1. The molecule has 1 N–H and O–H groups in total. The minimum absolute atomic E-state index is 0.0561. The summed E-state index contributed by atoms with van der Waals surface area (Å²) in [5.41, 5.74) is 1.29. The molecule has 3 aromatic carbocycles. The van der Waals surface area contributed by atoms with Crippen LogP contribution in [0.1, 0.15) is 51.0 Å². The molecule has 1 unspecified atom stereocenters. The summed E-state index contributed by atoms with van der Waals surface area (Å²) in [5, 5.41) is 3.18. The molecule has 0 saturated heterocycles. The van der Waals surface area contributed by atoms with Crippen LogP contribution < -0.4 is 19.1 Å². The number of amides is 2. The third kappa shape index (κ3) is 7.53. The standard InChI is InChI=1S/C34H41N3O6S/c1-2-30(34(39)35-27-14-8-4-9-15-27)36(21-20-26-12-6-3-7-13-26)33(38)25-37(44(40,41)29-16-10-5-11-17-29)28-18-19-31-32(24-28)43-23-22-42-31/h3,5-7,10-13,16-19,24,27,30H,2,4,8-9,14-15,20-23,25H2,1H3,(H,35,39). The van der Waals surface area contributed by atoms with Crippen LogP contribution in [0.3, 0.4) is 0 Å². The molecule has 2 aliphatic rings. The van der Waals surface area contributed by atoms with Gasteiger partial charge in [-0.25, -0.2) is 8.42 Å². The topological polar surface area (TPSA) is 105 Å². The molecule has 0 aromatic heterocycles. The normalized spacial score (nSPS) is 15.7. The van der Waals surface area contributed by atoms with Crippen LogP contribution in [-0.4, -0.2) is 63.5 Å². The molecular weight excluding hydrogens is 578 g/mol. The lowest BCUT2D eigenvalue weighted by molar-refractivity contribution is -0.140. The molecule has 44 heavy (non-hydrogen) atoms. The predicted octanol–water partition coefficient (Wildman–Crippen LogP) is 4.95. The van der Waals surface area contributed by atoms with Gasteiger partial charge in [-0.3, -0.25) is 13.9 Å². The first kappa shape index (κ1) is 31.4. The molecule has 1 aliphatic carbocycles. The first-order valence-electron chi connectivity index (χ1n) is 15.5. The fourth-order valence-corrected chi connectivity index (χ4v) is 7.30. The Morgan fingerprint density at radius 2 is 1.55 bits per heavy atom. The highest BCUT2D eigenvalue weighted by molar-refractivity contribution is 7.92. The maximum absolute atomic E-state index is 14.3. The van der Waals surface area contributed by atoms with E-state index in [0.29, 0.717) is 37.6 Å². The van der Waals surface area contributed by atoms with Gasteiger partial charge in [-0.2, -0.15) is 0 Å². The van der Waals surface area contributed by atoms with Gasteiger partial charge in [0.2, 0.25) is 11.8 Å². The van der Waals surface area contributed by atoms with Gasteiger partial charge in [0.25, 0.3) is 10.0 Å².